The molecule has 1 fully saturated rings. The second-order valence-corrected chi connectivity index (χ2v) is 6.45. The summed E-state index contributed by atoms with van der Waals surface area (Å²) in [5, 5.41) is 7.41. The molecule has 0 aromatic rings. The third-order valence-corrected chi connectivity index (χ3v) is 4.56. The molecule has 0 radical (unpaired) electrons. The fourth-order valence-corrected chi connectivity index (χ4v) is 3.17. The van der Waals surface area contributed by atoms with E-state index in [1.54, 1.807) is 0 Å². The predicted molar refractivity (Wildman–Crippen MR) is 76.3 cm³/mol. The summed E-state index contributed by atoms with van der Waals surface area (Å²) in [6, 6.07) is 0. The molecule has 2 heteroatoms. The van der Waals surface area contributed by atoms with Crippen LogP contribution >= 0.6 is 0 Å². The Morgan fingerprint density at radius 3 is 2.24 bits per heavy atom. The second kappa shape index (κ2) is 6.75. The summed E-state index contributed by atoms with van der Waals surface area (Å²) in [6.45, 7) is 15.2. The van der Waals surface area contributed by atoms with E-state index >= 15 is 0 Å². The molecule has 0 saturated carbocycles. The van der Waals surface area contributed by atoms with E-state index in [9.17, 15) is 0 Å². The molecule has 17 heavy (non-hydrogen) atoms. The van der Waals surface area contributed by atoms with Gasteiger partial charge in [-0.25, -0.2) is 0 Å². The molecule has 1 aliphatic rings. The van der Waals surface area contributed by atoms with E-state index in [4.69, 9.17) is 0 Å². The highest BCUT2D eigenvalue weighted by atomic mass is 15.1. The summed E-state index contributed by atoms with van der Waals surface area (Å²) in [7, 11) is 0. The van der Waals surface area contributed by atoms with Gasteiger partial charge in [-0.1, -0.05) is 34.6 Å². The smallest absolute Gasteiger partial charge is 0.0304 e. The van der Waals surface area contributed by atoms with Crippen molar-refractivity contribution in [1.29, 1.82) is 0 Å². The molecule has 1 aliphatic heterocycles. The Hall–Kier alpha value is -0.0800. The first-order chi connectivity index (χ1) is 8.01. The predicted octanol–water partition coefficient (Wildman–Crippen LogP) is 3.04. The molecule has 1 heterocycles. The topological polar surface area (TPSA) is 24.1 Å². The zero-order valence-corrected chi connectivity index (χ0v) is 12.5. The molecule has 0 aromatic heterocycles. The van der Waals surface area contributed by atoms with Gasteiger partial charge in [0.15, 0.2) is 0 Å². The van der Waals surface area contributed by atoms with Gasteiger partial charge < -0.3 is 10.6 Å². The van der Waals surface area contributed by atoms with E-state index in [0.717, 1.165) is 24.3 Å². The summed E-state index contributed by atoms with van der Waals surface area (Å²) < 4.78 is 0. The Labute approximate surface area is 108 Å². The minimum atomic E-state index is 0.387. The monoisotopic (exact) mass is 240 g/mol. The van der Waals surface area contributed by atoms with Crippen LogP contribution in [0.2, 0.25) is 0 Å². The van der Waals surface area contributed by atoms with Crippen molar-refractivity contribution in [3.05, 3.63) is 0 Å². The van der Waals surface area contributed by atoms with Crippen LogP contribution in [0.3, 0.4) is 0 Å². The SMILES string of the molecule is CCC1(CNCC(C(C)C)C(C)C)CCCN1. The molecule has 1 unspecified atom stereocenters. The van der Waals surface area contributed by atoms with Gasteiger partial charge >= 0.3 is 0 Å². The van der Waals surface area contributed by atoms with Crippen molar-refractivity contribution < 1.29 is 0 Å². The third kappa shape index (κ3) is 4.26. The lowest BCUT2D eigenvalue weighted by Crippen LogP contribution is -2.49. The first kappa shape index (κ1) is 15.0. The number of hydrogen-bond donors (Lipinski definition) is 2. The molecule has 0 spiro atoms. The molecular weight excluding hydrogens is 208 g/mol. The van der Waals surface area contributed by atoms with E-state index in [-0.39, 0.29) is 0 Å². The molecule has 2 N–H and O–H groups in total. The summed E-state index contributed by atoms with van der Waals surface area (Å²) in [5.74, 6) is 2.35. The van der Waals surface area contributed by atoms with Crippen molar-refractivity contribution in [1.82, 2.24) is 10.6 Å². The Balaban J connectivity index is 2.34. The van der Waals surface area contributed by atoms with E-state index in [1.807, 2.05) is 0 Å². The average Bonchev–Trinajstić information content (AvgIpc) is 2.72. The lowest BCUT2D eigenvalue weighted by molar-refractivity contribution is 0.256. The Morgan fingerprint density at radius 1 is 1.18 bits per heavy atom. The minimum Gasteiger partial charge on any atom is -0.315 e. The summed E-state index contributed by atoms with van der Waals surface area (Å²) in [5.41, 5.74) is 0.387. The van der Waals surface area contributed by atoms with E-state index in [1.165, 1.54) is 32.4 Å². The molecule has 0 amide bonds. The number of nitrogens with one attached hydrogen (secondary N) is 2. The van der Waals surface area contributed by atoms with Gasteiger partial charge in [-0.15, -0.1) is 0 Å². The highest BCUT2D eigenvalue weighted by Crippen LogP contribution is 2.23. The molecule has 102 valence electrons. The van der Waals surface area contributed by atoms with Crippen LogP contribution in [0, 0.1) is 17.8 Å². The maximum atomic E-state index is 3.72. The Morgan fingerprint density at radius 2 is 1.82 bits per heavy atom. The van der Waals surface area contributed by atoms with Crippen LogP contribution in [0.4, 0.5) is 0 Å². The van der Waals surface area contributed by atoms with E-state index in [2.05, 4.69) is 45.3 Å². The van der Waals surface area contributed by atoms with Crippen LogP contribution in [-0.4, -0.2) is 25.2 Å². The normalized spacial score (nSPS) is 25.4. The molecule has 0 bridgehead atoms. The van der Waals surface area contributed by atoms with Gasteiger partial charge in [-0.3, -0.25) is 0 Å². The number of hydrogen-bond acceptors (Lipinski definition) is 2. The lowest BCUT2D eigenvalue weighted by Gasteiger charge is -2.31. The van der Waals surface area contributed by atoms with Crippen molar-refractivity contribution in [3.63, 3.8) is 0 Å². The van der Waals surface area contributed by atoms with E-state index < -0.39 is 0 Å². The Bertz CT molecular complexity index is 197. The summed E-state index contributed by atoms with van der Waals surface area (Å²) >= 11 is 0. The highest BCUT2D eigenvalue weighted by molar-refractivity contribution is 4.93. The van der Waals surface area contributed by atoms with Crippen molar-refractivity contribution in [2.24, 2.45) is 17.8 Å². The molecular formula is C15H32N2. The van der Waals surface area contributed by atoms with Gasteiger partial charge in [0.1, 0.15) is 0 Å². The first-order valence-electron chi connectivity index (χ1n) is 7.46. The quantitative estimate of drug-likeness (QED) is 0.715. The standard InChI is InChI=1S/C15H32N2/c1-6-15(8-7-9-17-15)11-16-10-14(12(2)3)13(4)5/h12-14,16-17H,6-11H2,1-5H3. The average molecular weight is 240 g/mol. The van der Waals surface area contributed by atoms with E-state index in [0.29, 0.717) is 5.54 Å². The van der Waals surface area contributed by atoms with Gasteiger partial charge in [0, 0.05) is 12.1 Å². The van der Waals surface area contributed by atoms with Crippen molar-refractivity contribution in [2.45, 2.75) is 59.4 Å². The molecule has 0 aromatic carbocycles. The van der Waals surface area contributed by atoms with Crippen molar-refractivity contribution in [2.75, 3.05) is 19.6 Å². The second-order valence-electron chi connectivity index (χ2n) is 6.45. The van der Waals surface area contributed by atoms with Crippen LogP contribution in [0.15, 0.2) is 0 Å². The van der Waals surface area contributed by atoms with Crippen LogP contribution in [-0.2, 0) is 0 Å². The van der Waals surface area contributed by atoms with Gasteiger partial charge in [0.25, 0.3) is 0 Å². The van der Waals surface area contributed by atoms with Gasteiger partial charge in [0.05, 0.1) is 0 Å². The molecule has 1 atom stereocenters. The highest BCUT2D eigenvalue weighted by Gasteiger charge is 2.31. The fourth-order valence-electron chi connectivity index (χ4n) is 3.17. The zero-order chi connectivity index (χ0) is 12.9. The summed E-state index contributed by atoms with van der Waals surface area (Å²) in [6.07, 6.45) is 3.92. The maximum absolute atomic E-state index is 3.72. The van der Waals surface area contributed by atoms with Crippen molar-refractivity contribution >= 4 is 0 Å². The van der Waals surface area contributed by atoms with Crippen LogP contribution in [0.5, 0.6) is 0 Å². The van der Waals surface area contributed by atoms with Crippen molar-refractivity contribution in [3.8, 4) is 0 Å². The largest absolute Gasteiger partial charge is 0.315 e. The van der Waals surface area contributed by atoms with Gasteiger partial charge in [0.2, 0.25) is 0 Å². The fraction of sp³-hybridized carbons (Fsp3) is 1.00. The van der Waals surface area contributed by atoms with Crippen LogP contribution in [0.1, 0.15) is 53.9 Å². The first-order valence-corrected chi connectivity index (χ1v) is 7.46. The minimum absolute atomic E-state index is 0.387. The van der Waals surface area contributed by atoms with Gasteiger partial charge in [-0.2, -0.15) is 0 Å². The molecule has 1 saturated heterocycles. The Kier molecular flexibility index (Phi) is 5.94. The number of rotatable bonds is 7. The van der Waals surface area contributed by atoms with Gasteiger partial charge in [-0.05, 0) is 50.1 Å². The summed E-state index contributed by atoms with van der Waals surface area (Å²) in [4.78, 5) is 0. The third-order valence-electron chi connectivity index (χ3n) is 4.56. The van der Waals surface area contributed by atoms with Crippen LogP contribution < -0.4 is 10.6 Å². The molecule has 0 aliphatic carbocycles. The molecule has 1 rings (SSSR count). The molecule has 2 nitrogen and oxygen atoms in total. The zero-order valence-electron chi connectivity index (χ0n) is 12.5. The lowest BCUT2D eigenvalue weighted by atomic mass is 9.85. The van der Waals surface area contributed by atoms with Crippen LogP contribution in [0.25, 0.3) is 0 Å². The maximum Gasteiger partial charge on any atom is 0.0304 e.